The van der Waals surface area contributed by atoms with Gasteiger partial charge < -0.3 is 24.1 Å². The Morgan fingerprint density at radius 2 is 1.75 bits per heavy atom. The minimum atomic E-state index is -0.591. The molecule has 1 heterocycles. The van der Waals surface area contributed by atoms with Gasteiger partial charge in [0.2, 0.25) is 0 Å². The van der Waals surface area contributed by atoms with Gasteiger partial charge in [-0.2, -0.15) is 0 Å². The maximum Gasteiger partial charge on any atom is 0.494 e. The van der Waals surface area contributed by atoms with Crippen molar-refractivity contribution in [1.29, 1.82) is 0 Å². The van der Waals surface area contributed by atoms with Gasteiger partial charge in [0, 0.05) is 5.56 Å². The van der Waals surface area contributed by atoms with Crippen LogP contribution in [0.5, 0.6) is 5.75 Å². The number of alkyl carbamates (subject to hydrolysis) is 1. The van der Waals surface area contributed by atoms with Crippen molar-refractivity contribution in [2.45, 2.75) is 65.3 Å². The van der Waals surface area contributed by atoms with E-state index >= 15 is 0 Å². The molecule has 1 fully saturated rings. The van der Waals surface area contributed by atoms with Gasteiger partial charge in [0.1, 0.15) is 24.2 Å². The largest absolute Gasteiger partial charge is 0.494 e. The van der Waals surface area contributed by atoms with Gasteiger partial charge >= 0.3 is 13.2 Å². The van der Waals surface area contributed by atoms with E-state index in [1.807, 2.05) is 27.7 Å². The Morgan fingerprint density at radius 1 is 1.14 bits per heavy atom. The van der Waals surface area contributed by atoms with Crippen molar-refractivity contribution >= 4 is 25.0 Å². The van der Waals surface area contributed by atoms with Crippen molar-refractivity contribution < 1.29 is 28.4 Å². The molecule has 28 heavy (non-hydrogen) atoms. The SMILES string of the molecule is CC(C)(C)OC(=O)NCCOc1cc(C=O)cc(B2OC(C)(C)C(C)(C)O2)c1. The third kappa shape index (κ3) is 5.72. The van der Waals surface area contributed by atoms with E-state index in [0.717, 1.165) is 6.29 Å². The predicted octanol–water partition coefficient (Wildman–Crippen LogP) is 2.70. The van der Waals surface area contributed by atoms with Gasteiger partial charge in [-0.05, 0) is 66.1 Å². The second-order valence-electron chi connectivity index (χ2n) is 8.82. The lowest BCUT2D eigenvalue weighted by atomic mass is 9.78. The Morgan fingerprint density at radius 3 is 2.29 bits per heavy atom. The van der Waals surface area contributed by atoms with Crippen LogP contribution in [0.2, 0.25) is 0 Å². The summed E-state index contributed by atoms with van der Waals surface area (Å²) in [5.74, 6) is 0.500. The number of ether oxygens (including phenoxy) is 2. The smallest absolute Gasteiger partial charge is 0.492 e. The summed E-state index contributed by atoms with van der Waals surface area (Å²) < 4.78 is 22.9. The molecule has 7 nitrogen and oxygen atoms in total. The zero-order valence-electron chi connectivity index (χ0n) is 17.8. The second kappa shape index (κ2) is 8.13. The molecule has 0 atom stereocenters. The molecule has 0 unspecified atom stereocenters. The van der Waals surface area contributed by atoms with Crippen LogP contribution in [0.15, 0.2) is 18.2 Å². The highest BCUT2D eigenvalue weighted by molar-refractivity contribution is 6.62. The van der Waals surface area contributed by atoms with Gasteiger partial charge in [-0.3, -0.25) is 4.79 Å². The van der Waals surface area contributed by atoms with Crippen LogP contribution in [0.1, 0.15) is 58.8 Å². The first kappa shape index (κ1) is 22.2. The highest BCUT2D eigenvalue weighted by atomic mass is 16.7. The van der Waals surface area contributed by atoms with Crippen LogP contribution < -0.4 is 15.5 Å². The molecule has 1 aliphatic rings. The minimum Gasteiger partial charge on any atom is -0.492 e. The Bertz CT molecular complexity index is 710. The summed E-state index contributed by atoms with van der Waals surface area (Å²) in [5, 5.41) is 2.62. The van der Waals surface area contributed by atoms with Gasteiger partial charge in [-0.25, -0.2) is 4.79 Å². The van der Waals surface area contributed by atoms with Crippen LogP contribution in [-0.4, -0.2) is 49.5 Å². The number of hydrogen-bond acceptors (Lipinski definition) is 6. The van der Waals surface area contributed by atoms with Crippen molar-refractivity contribution in [2.24, 2.45) is 0 Å². The quantitative estimate of drug-likeness (QED) is 0.456. The van der Waals surface area contributed by atoms with Crippen molar-refractivity contribution in [3.63, 3.8) is 0 Å². The normalized spacial score (nSPS) is 17.9. The fraction of sp³-hybridized carbons (Fsp3) is 0.600. The van der Waals surface area contributed by atoms with E-state index < -0.39 is 30.0 Å². The first-order valence-corrected chi connectivity index (χ1v) is 9.38. The summed E-state index contributed by atoms with van der Waals surface area (Å²) in [5.41, 5.74) is -0.345. The Balaban J connectivity index is 2.00. The van der Waals surface area contributed by atoms with E-state index in [4.69, 9.17) is 18.8 Å². The molecule has 0 aromatic heterocycles. The molecule has 0 aliphatic carbocycles. The monoisotopic (exact) mass is 391 g/mol. The van der Waals surface area contributed by atoms with Crippen molar-refractivity contribution in [3.8, 4) is 5.75 Å². The molecule has 0 radical (unpaired) electrons. The highest BCUT2D eigenvalue weighted by Crippen LogP contribution is 2.36. The van der Waals surface area contributed by atoms with E-state index in [9.17, 15) is 9.59 Å². The number of aldehydes is 1. The van der Waals surface area contributed by atoms with Crippen molar-refractivity contribution in [2.75, 3.05) is 13.2 Å². The maximum absolute atomic E-state index is 11.7. The average Bonchev–Trinajstić information content (AvgIpc) is 2.77. The lowest BCUT2D eigenvalue weighted by Gasteiger charge is -2.32. The molecule has 0 bridgehead atoms. The average molecular weight is 391 g/mol. The molecule has 1 saturated heterocycles. The Hall–Kier alpha value is -2.06. The number of benzene rings is 1. The molecule has 1 aromatic rings. The molecule has 1 N–H and O–H groups in total. The standard InChI is InChI=1S/C20H30BNO6/c1-18(2,3)26-17(24)22-8-9-25-16-11-14(13-23)10-15(12-16)21-27-19(4,5)20(6,7)28-21/h10-13H,8-9H2,1-7H3,(H,22,24). The fourth-order valence-electron chi connectivity index (χ4n) is 2.55. The third-order valence-corrected chi connectivity index (χ3v) is 4.65. The molecular formula is C20H30BNO6. The predicted molar refractivity (Wildman–Crippen MR) is 107 cm³/mol. The number of rotatable bonds is 6. The van der Waals surface area contributed by atoms with E-state index in [-0.39, 0.29) is 13.2 Å². The van der Waals surface area contributed by atoms with Gasteiger partial charge in [0.25, 0.3) is 0 Å². The summed E-state index contributed by atoms with van der Waals surface area (Å²) in [4.78, 5) is 23.0. The summed E-state index contributed by atoms with van der Waals surface area (Å²) in [6.07, 6.45) is 0.247. The van der Waals surface area contributed by atoms with E-state index in [1.54, 1.807) is 39.0 Å². The van der Waals surface area contributed by atoms with Crippen molar-refractivity contribution in [1.82, 2.24) is 5.32 Å². The lowest BCUT2D eigenvalue weighted by molar-refractivity contribution is 0.00578. The number of hydrogen-bond donors (Lipinski definition) is 1. The molecule has 2 rings (SSSR count). The summed E-state index contributed by atoms with van der Waals surface area (Å²) in [6.45, 7) is 13.8. The van der Waals surface area contributed by atoms with Crippen molar-refractivity contribution in [3.05, 3.63) is 23.8 Å². The van der Waals surface area contributed by atoms with Crippen LogP contribution >= 0.6 is 0 Å². The summed E-state index contributed by atoms with van der Waals surface area (Å²) in [6, 6.07) is 5.14. The number of carbonyl (C=O) groups excluding carboxylic acids is 2. The minimum absolute atomic E-state index is 0.227. The molecular weight excluding hydrogens is 361 g/mol. The first-order valence-electron chi connectivity index (χ1n) is 9.38. The second-order valence-corrected chi connectivity index (χ2v) is 8.82. The Labute approximate surface area is 167 Å². The van der Waals surface area contributed by atoms with Crippen LogP contribution in [-0.2, 0) is 14.0 Å². The van der Waals surface area contributed by atoms with Crippen LogP contribution in [0.3, 0.4) is 0 Å². The van der Waals surface area contributed by atoms with Crippen LogP contribution in [0.25, 0.3) is 0 Å². The number of amides is 1. The van der Waals surface area contributed by atoms with Crippen LogP contribution in [0.4, 0.5) is 4.79 Å². The maximum atomic E-state index is 11.7. The van der Waals surface area contributed by atoms with Gasteiger partial charge in [-0.1, -0.05) is 6.07 Å². The molecule has 1 amide bonds. The Kier molecular flexibility index (Phi) is 6.46. The molecule has 1 aliphatic heterocycles. The fourth-order valence-corrected chi connectivity index (χ4v) is 2.55. The highest BCUT2D eigenvalue weighted by Gasteiger charge is 2.51. The van der Waals surface area contributed by atoms with Gasteiger partial charge in [0.15, 0.2) is 0 Å². The lowest BCUT2D eigenvalue weighted by Crippen LogP contribution is -2.41. The molecule has 0 spiro atoms. The summed E-state index contributed by atoms with van der Waals surface area (Å²) >= 11 is 0. The number of nitrogens with one attached hydrogen (secondary N) is 1. The molecule has 1 aromatic carbocycles. The van der Waals surface area contributed by atoms with Gasteiger partial charge in [-0.15, -0.1) is 0 Å². The molecule has 0 saturated carbocycles. The summed E-state index contributed by atoms with van der Waals surface area (Å²) in [7, 11) is -0.591. The molecule has 154 valence electrons. The van der Waals surface area contributed by atoms with E-state index in [0.29, 0.717) is 16.8 Å². The van der Waals surface area contributed by atoms with Gasteiger partial charge in [0.05, 0.1) is 17.7 Å². The van der Waals surface area contributed by atoms with Crippen LogP contribution in [0, 0.1) is 0 Å². The topological polar surface area (TPSA) is 83.1 Å². The molecule has 8 heteroatoms. The first-order chi connectivity index (χ1) is 12.8. The zero-order chi connectivity index (χ0) is 21.2. The van der Waals surface area contributed by atoms with E-state index in [2.05, 4.69) is 5.32 Å². The third-order valence-electron chi connectivity index (χ3n) is 4.65. The zero-order valence-corrected chi connectivity index (χ0v) is 17.8. The van der Waals surface area contributed by atoms with E-state index in [1.165, 1.54) is 0 Å². The number of carbonyl (C=O) groups is 2.